The minimum atomic E-state index is -0.0380. The summed E-state index contributed by atoms with van der Waals surface area (Å²) in [5, 5.41) is 20.1. The zero-order valence-corrected chi connectivity index (χ0v) is 11.4. The van der Waals surface area contributed by atoms with Gasteiger partial charge in [0.15, 0.2) is 11.5 Å². The van der Waals surface area contributed by atoms with Gasteiger partial charge >= 0.3 is 0 Å². The van der Waals surface area contributed by atoms with Crippen molar-refractivity contribution in [1.29, 1.82) is 0 Å². The second-order valence-corrected chi connectivity index (χ2v) is 5.80. The SMILES string of the molecule is CN1CCc2cccc3c2[14C@H]1Cc1ccc(O)c(O)c1-3. The normalized spacial score (nSPS) is 20.4. The number of nitrogens with zero attached hydrogens (tertiary/aromatic N) is 1. The Morgan fingerprint density at radius 2 is 1.95 bits per heavy atom. The summed E-state index contributed by atoms with van der Waals surface area (Å²) in [6, 6.07) is 10.2. The van der Waals surface area contributed by atoms with Gasteiger partial charge in [-0.25, -0.2) is 0 Å². The quantitative estimate of drug-likeness (QED) is 0.723. The monoisotopic (exact) mass is 269 g/mol. The Hall–Kier alpha value is -2.00. The second-order valence-electron chi connectivity index (χ2n) is 5.80. The molecule has 1 aliphatic carbocycles. The molecular formula is C17H17NO2. The molecule has 0 aromatic heterocycles. The van der Waals surface area contributed by atoms with E-state index in [0.29, 0.717) is 6.04 Å². The Balaban J connectivity index is 2.05. The van der Waals surface area contributed by atoms with Crippen LogP contribution in [0.2, 0.25) is 0 Å². The van der Waals surface area contributed by atoms with Crippen LogP contribution in [0.3, 0.4) is 0 Å². The molecule has 0 amide bonds. The lowest BCUT2D eigenvalue weighted by molar-refractivity contribution is 0.228. The van der Waals surface area contributed by atoms with E-state index in [9.17, 15) is 10.2 Å². The number of aromatic hydroxyl groups is 2. The van der Waals surface area contributed by atoms with Crippen molar-refractivity contribution in [3.8, 4) is 22.6 Å². The van der Waals surface area contributed by atoms with Crippen molar-refractivity contribution in [2.45, 2.75) is 18.9 Å². The number of hydrogen-bond acceptors (Lipinski definition) is 3. The van der Waals surface area contributed by atoms with Gasteiger partial charge in [0.05, 0.1) is 0 Å². The number of hydrogen-bond donors (Lipinski definition) is 2. The third-order valence-corrected chi connectivity index (χ3v) is 4.72. The number of phenols is 2. The lowest BCUT2D eigenvalue weighted by atomic mass is 9.89. The molecule has 3 heteroatoms. The van der Waals surface area contributed by atoms with E-state index < -0.39 is 0 Å². The number of fused-ring (bicyclic) bond motifs is 2. The molecule has 1 atom stereocenters. The highest BCUT2D eigenvalue weighted by Gasteiger charge is 2.33. The first-order valence-corrected chi connectivity index (χ1v) is 7.03. The average molecular weight is 269 g/mol. The molecular weight excluding hydrogens is 252 g/mol. The Labute approximate surface area is 118 Å². The van der Waals surface area contributed by atoms with E-state index in [1.54, 1.807) is 6.07 Å². The molecule has 0 bridgehead atoms. The van der Waals surface area contributed by atoms with E-state index in [4.69, 9.17) is 0 Å². The lowest BCUT2D eigenvalue weighted by Crippen LogP contribution is -2.35. The topological polar surface area (TPSA) is 43.7 Å². The van der Waals surface area contributed by atoms with Gasteiger partial charge in [0.2, 0.25) is 0 Å². The van der Waals surface area contributed by atoms with Crippen LogP contribution in [0.1, 0.15) is 22.7 Å². The van der Waals surface area contributed by atoms with Crippen LogP contribution in [0.25, 0.3) is 11.1 Å². The zero-order chi connectivity index (χ0) is 13.9. The standard InChI is InChI=1S/C17H17NO2/c1-18-8-7-10-3-2-4-12-15(10)13(18)9-11-5-6-14(19)17(20)16(11)12/h2-6,13,19-20H,7-9H2,1H3/t13-/m1/s1/i13+2. The molecule has 20 heavy (non-hydrogen) atoms. The minimum absolute atomic E-state index is 0.0163. The van der Waals surface area contributed by atoms with E-state index in [2.05, 4.69) is 30.1 Å². The highest BCUT2D eigenvalue weighted by atomic mass is 16.3. The molecule has 0 spiro atoms. The van der Waals surface area contributed by atoms with Crippen molar-refractivity contribution in [3.63, 3.8) is 0 Å². The first kappa shape index (κ1) is 11.8. The summed E-state index contributed by atoms with van der Waals surface area (Å²) < 4.78 is 0. The van der Waals surface area contributed by atoms with Crippen LogP contribution in [-0.4, -0.2) is 28.7 Å². The van der Waals surface area contributed by atoms with Crippen LogP contribution in [0, 0.1) is 0 Å². The van der Waals surface area contributed by atoms with E-state index in [0.717, 1.165) is 36.1 Å². The molecule has 2 aromatic rings. The number of benzene rings is 2. The van der Waals surface area contributed by atoms with Crippen LogP contribution < -0.4 is 0 Å². The Morgan fingerprint density at radius 1 is 1.10 bits per heavy atom. The number of likely N-dealkylation sites (N-methyl/N-ethyl adjacent to an activating group) is 1. The largest absolute Gasteiger partial charge is 0.504 e. The van der Waals surface area contributed by atoms with E-state index in [-0.39, 0.29) is 11.5 Å². The van der Waals surface area contributed by atoms with Gasteiger partial charge in [-0.1, -0.05) is 24.3 Å². The van der Waals surface area contributed by atoms with Crippen molar-refractivity contribution in [3.05, 3.63) is 47.0 Å². The molecule has 2 aromatic carbocycles. The fourth-order valence-corrected chi connectivity index (χ4v) is 3.67. The van der Waals surface area contributed by atoms with Crippen molar-refractivity contribution >= 4 is 0 Å². The van der Waals surface area contributed by atoms with Crippen molar-refractivity contribution in [2.75, 3.05) is 13.6 Å². The summed E-state index contributed by atoms with van der Waals surface area (Å²) >= 11 is 0. The molecule has 4 rings (SSSR count). The van der Waals surface area contributed by atoms with Gasteiger partial charge in [-0.3, -0.25) is 4.90 Å². The van der Waals surface area contributed by atoms with Crippen LogP contribution >= 0.6 is 0 Å². The highest BCUT2D eigenvalue weighted by molar-refractivity contribution is 5.82. The summed E-state index contributed by atoms with van der Waals surface area (Å²) in [6.45, 7) is 1.07. The molecule has 102 valence electrons. The Kier molecular flexibility index (Phi) is 2.36. The molecule has 0 saturated heterocycles. The van der Waals surface area contributed by atoms with E-state index in [1.807, 2.05) is 6.07 Å². The number of phenolic OH excluding ortho intramolecular Hbond substituents is 2. The molecule has 0 radical (unpaired) electrons. The molecule has 1 heterocycles. The molecule has 1 aliphatic heterocycles. The number of rotatable bonds is 0. The molecule has 2 N–H and O–H groups in total. The minimum Gasteiger partial charge on any atom is -0.504 e. The van der Waals surface area contributed by atoms with Crippen LogP contribution in [0.4, 0.5) is 0 Å². The van der Waals surface area contributed by atoms with Gasteiger partial charge in [-0.2, -0.15) is 0 Å². The van der Waals surface area contributed by atoms with Crippen LogP contribution in [-0.2, 0) is 12.8 Å². The average Bonchev–Trinajstić information content (AvgIpc) is 2.46. The highest BCUT2D eigenvalue weighted by Crippen LogP contribution is 2.49. The van der Waals surface area contributed by atoms with Crippen LogP contribution in [0.5, 0.6) is 11.5 Å². The van der Waals surface area contributed by atoms with Gasteiger partial charge in [0.1, 0.15) is 0 Å². The van der Waals surface area contributed by atoms with Gasteiger partial charge < -0.3 is 10.2 Å². The molecule has 0 unspecified atom stereocenters. The fraction of sp³-hybridized carbons (Fsp3) is 0.294. The van der Waals surface area contributed by atoms with Gasteiger partial charge in [-0.05, 0) is 48.2 Å². The first-order chi connectivity index (χ1) is 9.66. The molecule has 3 nitrogen and oxygen atoms in total. The fourth-order valence-electron chi connectivity index (χ4n) is 3.67. The maximum Gasteiger partial charge on any atom is 0.165 e. The second kappa shape index (κ2) is 4.00. The third kappa shape index (κ3) is 1.44. The van der Waals surface area contributed by atoms with Gasteiger partial charge in [-0.15, -0.1) is 0 Å². The smallest absolute Gasteiger partial charge is 0.165 e. The Bertz CT molecular complexity index is 708. The van der Waals surface area contributed by atoms with E-state index in [1.165, 1.54) is 11.1 Å². The summed E-state index contributed by atoms with van der Waals surface area (Å²) in [5.41, 5.74) is 5.71. The van der Waals surface area contributed by atoms with Gasteiger partial charge in [0, 0.05) is 18.2 Å². The first-order valence-electron chi connectivity index (χ1n) is 7.03. The summed E-state index contributed by atoms with van der Waals surface area (Å²) in [7, 11) is 2.16. The summed E-state index contributed by atoms with van der Waals surface area (Å²) in [6.07, 6.45) is 1.94. The Morgan fingerprint density at radius 3 is 2.80 bits per heavy atom. The molecule has 2 aliphatic rings. The predicted octanol–water partition coefficient (Wildman–Crippen LogP) is 2.85. The van der Waals surface area contributed by atoms with Crippen molar-refractivity contribution in [1.82, 2.24) is 4.90 Å². The summed E-state index contributed by atoms with van der Waals surface area (Å²) in [5.74, 6) is -0.0217. The maximum atomic E-state index is 10.3. The van der Waals surface area contributed by atoms with E-state index >= 15 is 0 Å². The zero-order valence-electron chi connectivity index (χ0n) is 11.4. The van der Waals surface area contributed by atoms with Gasteiger partial charge in [0.25, 0.3) is 0 Å². The maximum absolute atomic E-state index is 10.3. The third-order valence-electron chi connectivity index (χ3n) is 4.72. The van der Waals surface area contributed by atoms with Crippen molar-refractivity contribution in [2.24, 2.45) is 0 Å². The molecule has 0 fully saturated rings. The lowest BCUT2D eigenvalue weighted by Gasteiger charge is -2.39. The van der Waals surface area contributed by atoms with Crippen molar-refractivity contribution < 1.29 is 10.2 Å². The summed E-state index contributed by atoms with van der Waals surface area (Å²) in [4.78, 5) is 2.39. The van der Waals surface area contributed by atoms with Crippen LogP contribution in [0.15, 0.2) is 30.3 Å². The molecule has 0 saturated carbocycles. The predicted molar refractivity (Wildman–Crippen MR) is 78.0 cm³/mol.